The Hall–Kier alpha value is -2.37. The van der Waals surface area contributed by atoms with Crippen LogP contribution in [0.3, 0.4) is 0 Å². The van der Waals surface area contributed by atoms with E-state index in [1.807, 2.05) is 30.3 Å². The number of aromatic nitrogens is 3. The first-order valence-corrected chi connectivity index (χ1v) is 6.53. The molecule has 0 fully saturated rings. The predicted octanol–water partition coefficient (Wildman–Crippen LogP) is 1.76. The van der Waals surface area contributed by atoms with E-state index >= 15 is 0 Å². The Morgan fingerprint density at radius 2 is 2.10 bits per heavy atom. The Morgan fingerprint density at radius 1 is 1.30 bits per heavy atom. The second-order valence-electron chi connectivity index (χ2n) is 4.38. The summed E-state index contributed by atoms with van der Waals surface area (Å²) in [5, 5.41) is 16.5. The van der Waals surface area contributed by atoms with E-state index in [1.54, 1.807) is 10.9 Å². The quantitative estimate of drug-likeness (QED) is 0.743. The molecule has 0 saturated carbocycles. The molecule has 20 heavy (non-hydrogen) atoms. The highest BCUT2D eigenvalue weighted by Gasteiger charge is 2.04. The Morgan fingerprint density at radius 3 is 2.85 bits per heavy atom. The van der Waals surface area contributed by atoms with Gasteiger partial charge in [0.05, 0.1) is 18.7 Å². The molecule has 0 saturated heterocycles. The normalized spacial score (nSPS) is 10.4. The highest BCUT2D eigenvalue weighted by molar-refractivity contribution is 5.66. The zero-order chi connectivity index (χ0) is 14.2. The zero-order valence-corrected chi connectivity index (χ0v) is 11.1. The second kappa shape index (κ2) is 7.28. The monoisotopic (exact) mass is 275 g/mol. The number of ether oxygens (including phenoxy) is 1. The summed E-state index contributed by atoms with van der Waals surface area (Å²) in [7, 11) is 0. The number of rotatable bonds is 8. The van der Waals surface area contributed by atoms with Crippen molar-refractivity contribution in [3.8, 4) is 5.75 Å². The lowest BCUT2D eigenvalue weighted by Gasteiger charge is -2.05. The van der Waals surface area contributed by atoms with Gasteiger partial charge in [0.2, 0.25) is 0 Å². The fourth-order valence-corrected chi connectivity index (χ4v) is 1.73. The van der Waals surface area contributed by atoms with E-state index in [0.717, 1.165) is 12.2 Å². The average molecular weight is 275 g/mol. The Kier molecular flexibility index (Phi) is 5.11. The van der Waals surface area contributed by atoms with Gasteiger partial charge in [-0.15, -0.1) is 5.10 Å². The van der Waals surface area contributed by atoms with Crippen LogP contribution in [0.5, 0.6) is 5.75 Å². The number of carbonyl (C=O) groups is 1. The summed E-state index contributed by atoms with van der Waals surface area (Å²) in [5.74, 6) is 0.0315. The SMILES string of the molecule is O=C(O)CCc1cn(CCCOc2ccccc2)nn1. The van der Waals surface area contributed by atoms with E-state index in [9.17, 15) is 4.79 Å². The minimum absolute atomic E-state index is 0.0792. The van der Waals surface area contributed by atoms with Gasteiger partial charge in [0.25, 0.3) is 0 Å². The highest BCUT2D eigenvalue weighted by Crippen LogP contribution is 2.08. The number of hydrogen-bond acceptors (Lipinski definition) is 4. The van der Waals surface area contributed by atoms with Gasteiger partial charge in [-0.3, -0.25) is 9.48 Å². The number of para-hydroxylation sites is 1. The fraction of sp³-hybridized carbons (Fsp3) is 0.357. The van der Waals surface area contributed by atoms with Gasteiger partial charge in [-0.25, -0.2) is 0 Å². The van der Waals surface area contributed by atoms with Crippen molar-refractivity contribution in [3.63, 3.8) is 0 Å². The molecular weight excluding hydrogens is 258 g/mol. The average Bonchev–Trinajstić information content (AvgIpc) is 2.90. The third-order valence-electron chi connectivity index (χ3n) is 2.72. The molecule has 0 unspecified atom stereocenters. The minimum Gasteiger partial charge on any atom is -0.494 e. The maximum Gasteiger partial charge on any atom is 0.303 e. The van der Waals surface area contributed by atoms with E-state index < -0.39 is 5.97 Å². The highest BCUT2D eigenvalue weighted by atomic mass is 16.5. The first kappa shape index (κ1) is 14.0. The maximum absolute atomic E-state index is 10.5. The molecule has 0 spiro atoms. The Balaban J connectivity index is 1.68. The molecule has 1 aromatic carbocycles. The summed E-state index contributed by atoms with van der Waals surface area (Å²) in [4.78, 5) is 10.5. The van der Waals surface area contributed by atoms with Crippen LogP contribution in [0.4, 0.5) is 0 Å². The second-order valence-corrected chi connectivity index (χ2v) is 4.38. The lowest BCUT2D eigenvalue weighted by molar-refractivity contribution is -0.136. The minimum atomic E-state index is -0.823. The number of aliphatic carboxylic acids is 1. The van der Waals surface area contributed by atoms with Crippen LogP contribution in [0.25, 0.3) is 0 Å². The lowest BCUT2D eigenvalue weighted by atomic mass is 10.2. The van der Waals surface area contributed by atoms with Crippen LogP contribution in [-0.2, 0) is 17.8 Å². The van der Waals surface area contributed by atoms with Crippen LogP contribution in [-0.4, -0.2) is 32.7 Å². The molecule has 0 atom stereocenters. The smallest absolute Gasteiger partial charge is 0.303 e. The fourth-order valence-electron chi connectivity index (χ4n) is 1.73. The van der Waals surface area contributed by atoms with Crippen LogP contribution < -0.4 is 4.74 Å². The molecule has 0 bridgehead atoms. The molecular formula is C14H17N3O3. The lowest BCUT2D eigenvalue weighted by Crippen LogP contribution is -2.05. The standard InChI is InChI=1S/C14H17N3O3/c18-14(19)8-7-12-11-17(16-15-12)9-4-10-20-13-5-2-1-3-6-13/h1-3,5-6,11H,4,7-10H2,(H,18,19). The molecule has 1 aromatic heterocycles. The zero-order valence-electron chi connectivity index (χ0n) is 11.1. The van der Waals surface area contributed by atoms with Crippen molar-refractivity contribution < 1.29 is 14.6 Å². The van der Waals surface area contributed by atoms with Gasteiger partial charge in [0.15, 0.2) is 0 Å². The van der Waals surface area contributed by atoms with Crippen molar-refractivity contribution >= 4 is 5.97 Å². The van der Waals surface area contributed by atoms with E-state index in [2.05, 4.69) is 10.3 Å². The number of carboxylic acid groups (broad SMARTS) is 1. The summed E-state index contributed by atoms with van der Waals surface area (Å²) in [6.07, 6.45) is 3.09. The maximum atomic E-state index is 10.5. The van der Waals surface area contributed by atoms with Gasteiger partial charge in [0, 0.05) is 25.6 Å². The number of hydrogen-bond donors (Lipinski definition) is 1. The van der Waals surface area contributed by atoms with E-state index in [-0.39, 0.29) is 6.42 Å². The van der Waals surface area contributed by atoms with Crippen LogP contribution in [0.2, 0.25) is 0 Å². The van der Waals surface area contributed by atoms with Crippen molar-refractivity contribution in [3.05, 3.63) is 42.2 Å². The van der Waals surface area contributed by atoms with Gasteiger partial charge < -0.3 is 9.84 Å². The van der Waals surface area contributed by atoms with Crippen LogP contribution in [0.1, 0.15) is 18.5 Å². The number of aryl methyl sites for hydroxylation is 2. The van der Waals surface area contributed by atoms with Crippen LogP contribution in [0.15, 0.2) is 36.5 Å². The summed E-state index contributed by atoms with van der Waals surface area (Å²) < 4.78 is 7.29. The first-order valence-electron chi connectivity index (χ1n) is 6.53. The molecule has 1 N–H and O–H groups in total. The molecule has 2 aromatic rings. The summed E-state index contributed by atoms with van der Waals surface area (Å²) in [5.41, 5.74) is 0.705. The Labute approximate surface area is 117 Å². The van der Waals surface area contributed by atoms with Gasteiger partial charge in [-0.1, -0.05) is 23.4 Å². The van der Waals surface area contributed by atoms with Gasteiger partial charge >= 0.3 is 5.97 Å². The van der Waals surface area contributed by atoms with Gasteiger partial charge in [-0.05, 0) is 12.1 Å². The topological polar surface area (TPSA) is 77.2 Å². The van der Waals surface area contributed by atoms with Crippen molar-refractivity contribution in [1.29, 1.82) is 0 Å². The third-order valence-corrected chi connectivity index (χ3v) is 2.72. The van der Waals surface area contributed by atoms with Crippen molar-refractivity contribution in [1.82, 2.24) is 15.0 Å². The van der Waals surface area contributed by atoms with E-state index in [4.69, 9.17) is 9.84 Å². The Bertz CT molecular complexity index is 540. The summed E-state index contributed by atoms with van der Waals surface area (Å²) >= 11 is 0. The molecule has 6 heteroatoms. The molecule has 0 radical (unpaired) electrons. The molecule has 6 nitrogen and oxygen atoms in total. The van der Waals surface area contributed by atoms with Crippen molar-refractivity contribution in [2.75, 3.05) is 6.61 Å². The molecule has 0 aliphatic rings. The first-order chi connectivity index (χ1) is 9.74. The molecule has 0 amide bonds. The van der Waals surface area contributed by atoms with Gasteiger partial charge in [-0.2, -0.15) is 0 Å². The van der Waals surface area contributed by atoms with Crippen molar-refractivity contribution in [2.45, 2.75) is 25.8 Å². The molecule has 106 valence electrons. The molecule has 0 aliphatic heterocycles. The largest absolute Gasteiger partial charge is 0.494 e. The van der Waals surface area contributed by atoms with E-state index in [0.29, 0.717) is 25.3 Å². The van der Waals surface area contributed by atoms with Crippen LogP contribution in [0, 0.1) is 0 Å². The molecule has 2 rings (SSSR count). The predicted molar refractivity (Wildman–Crippen MR) is 72.5 cm³/mol. The van der Waals surface area contributed by atoms with Crippen molar-refractivity contribution in [2.24, 2.45) is 0 Å². The molecule has 0 aliphatic carbocycles. The van der Waals surface area contributed by atoms with Gasteiger partial charge in [0.1, 0.15) is 5.75 Å². The third kappa shape index (κ3) is 4.72. The number of nitrogens with zero attached hydrogens (tertiary/aromatic N) is 3. The summed E-state index contributed by atoms with van der Waals surface area (Å²) in [6, 6.07) is 9.64. The summed E-state index contributed by atoms with van der Waals surface area (Å²) in [6.45, 7) is 1.31. The van der Waals surface area contributed by atoms with Crippen LogP contribution >= 0.6 is 0 Å². The molecule has 1 heterocycles. The number of carboxylic acids is 1. The number of benzene rings is 1. The van der Waals surface area contributed by atoms with E-state index in [1.165, 1.54) is 0 Å².